The van der Waals surface area contributed by atoms with Crippen LogP contribution in [0.5, 0.6) is 0 Å². The van der Waals surface area contributed by atoms with Crippen LogP contribution in [0.2, 0.25) is 0 Å². The molecule has 6 nitrogen and oxygen atoms in total. The molecule has 1 saturated heterocycles. The van der Waals surface area contributed by atoms with Gasteiger partial charge in [0.25, 0.3) is 5.91 Å². The fourth-order valence-electron chi connectivity index (χ4n) is 6.74. The predicted molar refractivity (Wildman–Crippen MR) is 121 cm³/mol. The highest BCUT2D eigenvalue weighted by molar-refractivity contribution is 7.99. The van der Waals surface area contributed by atoms with Crippen molar-refractivity contribution in [1.29, 1.82) is 0 Å². The van der Waals surface area contributed by atoms with Crippen LogP contribution in [0.25, 0.3) is 0 Å². The molecular weight excluding hydrogens is 410 g/mol. The second-order valence-electron chi connectivity index (χ2n) is 9.84. The number of amides is 1. The van der Waals surface area contributed by atoms with Crippen LogP contribution in [0, 0.1) is 29.6 Å². The molecule has 4 bridgehead atoms. The van der Waals surface area contributed by atoms with Gasteiger partial charge in [0.15, 0.2) is 0 Å². The highest BCUT2D eigenvalue weighted by Crippen LogP contribution is 2.53. The van der Waals surface area contributed by atoms with Crippen molar-refractivity contribution >= 4 is 29.5 Å². The van der Waals surface area contributed by atoms with E-state index >= 15 is 0 Å². The third kappa shape index (κ3) is 4.06. The van der Waals surface area contributed by atoms with Gasteiger partial charge in [-0.2, -0.15) is 0 Å². The fraction of sp³-hybridized carbons (Fsp3) is 0.708. The van der Waals surface area contributed by atoms with E-state index in [0.29, 0.717) is 30.0 Å². The third-order valence-corrected chi connectivity index (χ3v) is 8.82. The Bertz CT molecular complexity index is 832. The molecule has 0 aromatic carbocycles. The lowest BCUT2D eigenvalue weighted by Crippen LogP contribution is -2.55. The molecule has 0 spiro atoms. The summed E-state index contributed by atoms with van der Waals surface area (Å²) in [5, 5.41) is 4.22. The average molecular weight is 444 g/mol. The minimum atomic E-state index is -0.155. The zero-order chi connectivity index (χ0) is 21.5. The van der Waals surface area contributed by atoms with Gasteiger partial charge in [-0.1, -0.05) is 6.92 Å². The second-order valence-corrected chi connectivity index (χ2v) is 11.1. The van der Waals surface area contributed by atoms with E-state index in [1.807, 2.05) is 12.1 Å². The molecule has 6 rings (SSSR count). The lowest BCUT2D eigenvalue weighted by atomic mass is 9.54. The molecule has 5 fully saturated rings. The molecule has 0 radical (unpaired) electrons. The first-order valence-corrected chi connectivity index (χ1v) is 12.8. The van der Waals surface area contributed by atoms with Gasteiger partial charge in [0, 0.05) is 19.1 Å². The number of esters is 1. The Kier molecular flexibility index (Phi) is 5.88. The Labute approximate surface area is 188 Å². The molecule has 1 atom stereocenters. The molecule has 31 heavy (non-hydrogen) atoms. The van der Waals surface area contributed by atoms with Gasteiger partial charge in [-0.15, -0.1) is 11.8 Å². The molecular formula is C24H33N3O3S. The van der Waals surface area contributed by atoms with Crippen molar-refractivity contribution in [2.75, 3.05) is 30.9 Å². The monoisotopic (exact) mass is 443 g/mol. The molecule has 1 N–H and O–H groups in total. The fourth-order valence-corrected chi connectivity index (χ4v) is 7.49. The maximum Gasteiger partial charge on any atom is 0.310 e. The van der Waals surface area contributed by atoms with E-state index in [0.717, 1.165) is 41.4 Å². The van der Waals surface area contributed by atoms with Crippen molar-refractivity contribution < 1.29 is 14.3 Å². The number of aromatic nitrogens is 1. The van der Waals surface area contributed by atoms with Crippen LogP contribution >= 0.6 is 11.8 Å². The van der Waals surface area contributed by atoms with Crippen LogP contribution in [0.15, 0.2) is 17.2 Å². The Hall–Kier alpha value is -1.76. The normalized spacial score (nSPS) is 33.5. The summed E-state index contributed by atoms with van der Waals surface area (Å²) in [5.74, 6) is 4.60. The van der Waals surface area contributed by atoms with Gasteiger partial charge >= 0.3 is 5.97 Å². The number of methoxy groups -OCH3 is 1. The quantitative estimate of drug-likeness (QED) is 0.533. The predicted octanol–water partition coefficient (Wildman–Crippen LogP) is 3.75. The number of nitrogens with zero attached hydrogens (tertiary/aromatic N) is 2. The Balaban J connectivity index is 1.31. The van der Waals surface area contributed by atoms with Crippen LogP contribution in [0.4, 0.5) is 5.82 Å². The van der Waals surface area contributed by atoms with Gasteiger partial charge in [-0.3, -0.25) is 9.59 Å². The maximum atomic E-state index is 13.3. The van der Waals surface area contributed by atoms with E-state index in [4.69, 9.17) is 9.72 Å². The SMILES string of the molecule is CCSc1nc(N2CCC(C(=O)OC)C2)ccc1C(=O)NC1C2CC3CC(C2)CC1C3. The molecule has 5 aliphatic rings. The number of carbonyl (C=O) groups excluding carboxylic acids is 2. The number of thioether (sulfide) groups is 1. The molecule has 1 aromatic heterocycles. The van der Waals surface area contributed by atoms with Gasteiger partial charge in [0.1, 0.15) is 10.8 Å². The summed E-state index contributed by atoms with van der Waals surface area (Å²) in [6.45, 7) is 3.49. The van der Waals surface area contributed by atoms with Crippen LogP contribution < -0.4 is 10.2 Å². The first-order valence-electron chi connectivity index (χ1n) is 11.8. The molecule has 2 heterocycles. The number of hydrogen-bond donors (Lipinski definition) is 1. The molecule has 1 aliphatic heterocycles. The standard InChI is InChI=1S/C24H33N3O3S/c1-3-31-23-19(4-5-20(25-23)27-7-6-16(13-27)24(29)30-2)22(28)26-21-17-9-14-8-15(11-17)12-18(21)10-14/h4-5,14-18,21H,3,6-13H2,1-2H3,(H,26,28). The number of ether oxygens (including phenoxy) is 1. The molecule has 7 heteroatoms. The first-order chi connectivity index (χ1) is 15.1. The molecule has 4 aliphatic carbocycles. The van der Waals surface area contributed by atoms with Crippen molar-refractivity contribution in [2.45, 2.75) is 56.5 Å². The summed E-state index contributed by atoms with van der Waals surface area (Å²) < 4.78 is 4.90. The summed E-state index contributed by atoms with van der Waals surface area (Å²) in [7, 11) is 1.44. The number of hydrogen-bond acceptors (Lipinski definition) is 6. The number of pyridine rings is 1. The Morgan fingerprint density at radius 2 is 1.87 bits per heavy atom. The highest BCUT2D eigenvalue weighted by atomic mass is 32.2. The van der Waals surface area contributed by atoms with Crippen LogP contribution in [0.3, 0.4) is 0 Å². The van der Waals surface area contributed by atoms with Crippen molar-refractivity contribution in [1.82, 2.24) is 10.3 Å². The lowest BCUT2D eigenvalue weighted by molar-refractivity contribution is -0.144. The van der Waals surface area contributed by atoms with Gasteiger partial charge in [0.05, 0.1) is 18.6 Å². The van der Waals surface area contributed by atoms with Crippen LogP contribution in [-0.2, 0) is 9.53 Å². The van der Waals surface area contributed by atoms with E-state index in [2.05, 4.69) is 17.1 Å². The topological polar surface area (TPSA) is 71.5 Å². The minimum Gasteiger partial charge on any atom is -0.469 e. The lowest BCUT2D eigenvalue weighted by Gasteiger charge is -2.54. The molecule has 1 unspecified atom stereocenters. The van der Waals surface area contributed by atoms with Crippen LogP contribution in [-0.4, -0.2) is 48.9 Å². The van der Waals surface area contributed by atoms with Gasteiger partial charge in [-0.25, -0.2) is 4.98 Å². The van der Waals surface area contributed by atoms with E-state index in [1.165, 1.54) is 39.2 Å². The van der Waals surface area contributed by atoms with Gasteiger partial charge in [-0.05, 0) is 80.1 Å². The van der Waals surface area contributed by atoms with E-state index in [9.17, 15) is 9.59 Å². The van der Waals surface area contributed by atoms with E-state index < -0.39 is 0 Å². The largest absolute Gasteiger partial charge is 0.469 e. The third-order valence-electron chi connectivity index (χ3n) is 7.94. The van der Waals surface area contributed by atoms with Crippen molar-refractivity contribution in [3.8, 4) is 0 Å². The van der Waals surface area contributed by atoms with Crippen LogP contribution in [0.1, 0.15) is 55.8 Å². The summed E-state index contributed by atoms with van der Waals surface area (Å²) in [5.41, 5.74) is 0.688. The summed E-state index contributed by atoms with van der Waals surface area (Å²) in [6, 6.07) is 4.20. The zero-order valence-corrected chi connectivity index (χ0v) is 19.3. The number of anilines is 1. The molecule has 1 amide bonds. The van der Waals surface area contributed by atoms with Gasteiger partial charge < -0.3 is 15.0 Å². The minimum absolute atomic E-state index is 0.0290. The number of carbonyl (C=O) groups is 2. The smallest absolute Gasteiger partial charge is 0.310 e. The Morgan fingerprint density at radius 3 is 2.52 bits per heavy atom. The summed E-state index contributed by atoms with van der Waals surface area (Å²) in [4.78, 5) is 32.1. The zero-order valence-electron chi connectivity index (χ0n) is 18.5. The average Bonchev–Trinajstić information content (AvgIpc) is 3.25. The van der Waals surface area contributed by atoms with E-state index in [-0.39, 0.29) is 17.8 Å². The van der Waals surface area contributed by atoms with Crippen molar-refractivity contribution in [3.05, 3.63) is 17.7 Å². The van der Waals surface area contributed by atoms with Gasteiger partial charge in [0.2, 0.25) is 0 Å². The second kappa shape index (κ2) is 8.64. The highest BCUT2D eigenvalue weighted by Gasteiger charge is 2.48. The number of rotatable bonds is 6. The van der Waals surface area contributed by atoms with Crippen molar-refractivity contribution in [3.63, 3.8) is 0 Å². The van der Waals surface area contributed by atoms with E-state index in [1.54, 1.807) is 11.8 Å². The Morgan fingerprint density at radius 1 is 1.16 bits per heavy atom. The maximum absolute atomic E-state index is 13.3. The first kappa shape index (κ1) is 21.1. The molecule has 4 saturated carbocycles. The summed E-state index contributed by atoms with van der Waals surface area (Å²) >= 11 is 1.62. The molecule has 168 valence electrons. The van der Waals surface area contributed by atoms with Crippen molar-refractivity contribution in [2.24, 2.45) is 29.6 Å². The number of nitrogens with one attached hydrogen (secondary N) is 1. The summed E-state index contributed by atoms with van der Waals surface area (Å²) in [6.07, 6.45) is 7.37. The molecule has 1 aromatic rings.